The van der Waals surface area contributed by atoms with Crippen LogP contribution in [0.25, 0.3) is 0 Å². The van der Waals surface area contributed by atoms with E-state index in [0.29, 0.717) is 47.2 Å². The lowest BCUT2D eigenvalue weighted by molar-refractivity contribution is -0.171. The molecule has 34 heavy (non-hydrogen) atoms. The van der Waals surface area contributed by atoms with Crippen LogP contribution < -0.4 is 0 Å². The molecule has 0 saturated heterocycles. The molecule has 0 radical (unpaired) electrons. The quantitative estimate of drug-likeness (QED) is 0.234. The van der Waals surface area contributed by atoms with Gasteiger partial charge in [-0.15, -0.1) is 0 Å². The van der Waals surface area contributed by atoms with Crippen LogP contribution in [0.2, 0.25) is 0 Å². The molecule has 7 saturated carbocycles. The summed E-state index contributed by atoms with van der Waals surface area (Å²) in [5.74, 6) is 6.85. The second kappa shape index (κ2) is 8.08. The van der Waals surface area contributed by atoms with E-state index in [-0.39, 0.29) is 30.8 Å². The van der Waals surface area contributed by atoms with Gasteiger partial charge in [-0.1, -0.05) is 13.0 Å². The molecule has 0 aromatic rings. The fourth-order valence-corrected chi connectivity index (χ4v) is 10.8. The normalized spacial score (nSPS) is 51.4. The van der Waals surface area contributed by atoms with Crippen LogP contribution in [0, 0.1) is 65.1 Å². The summed E-state index contributed by atoms with van der Waals surface area (Å²) in [4.78, 5) is 25.2. The molecule has 0 amide bonds. The zero-order chi connectivity index (χ0) is 23.1. The number of esters is 2. The molecule has 0 N–H and O–H groups in total. The van der Waals surface area contributed by atoms with Gasteiger partial charge in [-0.25, -0.2) is 4.79 Å². The molecule has 5 nitrogen and oxygen atoms in total. The first-order chi connectivity index (χ1) is 16.5. The van der Waals surface area contributed by atoms with Crippen LogP contribution in [-0.2, 0) is 23.8 Å². The maximum atomic E-state index is 13.0. The van der Waals surface area contributed by atoms with Crippen LogP contribution in [0.4, 0.5) is 0 Å². The van der Waals surface area contributed by atoms with Crippen LogP contribution in [0.5, 0.6) is 0 Å². The minimum absolute atomic E-state index is 0.0213. The van der Waals surface area contributed by atoms with Gasteiger partial charge in [-0.3, -0.25) is 4.79 Å². The predicted octanol–water partition coefficient (Wildman–Crippen LogP) is 5.13. The van der Waals surface area contributed by atoms with E-state index in [1.54, 1.807) is 6.92 Å². The molecule has 0 heterocycles. The molecule has 7 rings (SSSR count). The number of hydrogen-bond donors (Lipinski definition) is 0. The Kier molecular flexibility index (Phi) is 5.20. The van der Waals surface area contributed by atoms with Crippen molar-refractivity contribution in [3.05, 3.63) is 12.2 Å². The Balaban J connectivity index is 0.930. The minimum Gasteiger partial charge on any atom is -0.459 e. The average molecular weight is 469 g/mol. The first kappa shape index (κ1) is 21.9. The van der Waals surface area contributed by atoms with Crippen LogP contribution in [0.3, 0.4) is 0 Å². The molecule has 13 atom stereocenters. The Labute approximate surface area is 203 Å². The molecule has 13 unspecified atom stereocenters. The highest BCUT2D eigenvalue weighted by Crippen LogP contribution is 2.67. The molecule has 5 heteroatoms. The number of carbonyl (C=O) groups excluding carboxylic acids is 2. The van der Waals surface area contributed by atoms with Crippen molar-refractivity contribution in [3.63, 3.8) is 0 Å². The third-order valence-corrected chi connectivity index (χ3v) is 11.7. The summed E-state index contributed by atoms with van der Waals surface area (Å²) in [6.07, 6.45) is 12.5. The van der Waals surface area contributed by atoms with E-state index >= 15 is 0 Å². The molecule has 7 aliphatic carbocycles. The van der Waals surface area contributed by atoms with Gasteiger partial charge in [-0.2, -0.15) is 0 Å². The largest absolute Gasteiger partial charge is 0.459 e. The summed E-state index contributed by atoms with van der Waals surface area (Å²) in [5, 5.41) is 0. The van der Waals surface area contributed by atoms with E-state index in [1.165, 1.54) is 44.9 Å². The average Bonchev–Trinajstić information content (AvgIpc) is 3.63. The topological polar surface area (TPSA) is 61.8 Å². The maximum Gasteiger partial charge on any atom is 0.333 e. The van der Waals surface area contributed by atoms with Gasteiger partial charge in [0.2, 0.25) is 0 Å². The lowest BCUT2D eigenvalue weighted by Crippen LogP contribution is -2.35. The lowest BCUT2D eigenvalue weighted by Gasteiger charge is -2.34. The van der Waals surface area contributed by atoms with Crippen molar-refractivity contribution in [2.45, 2.75) is 83.3 Å². The van der Waals surface area contributed by atoms with Gasteiger partial charge in [-0.05, 0) is 124 Å². The molecule has 0 aromatic carbocycles. The Hall–Kier alpha value is -1.36. The van der Waals surface area contributed by atoms with Gasteiger partial charge in [0.1, 0.15) is 6.10 Å². The van der Waals surface area contributed by atoms with Gasteiger partial charge >= 0.3 is 11.9 Å². The minimum atomic E-state index is -0.240. The van der Waals surface area contributed by atoms with Gasteiger partial charge in [0.25, 0.3) is 0 Å². The molecule has 186 valence electrons. The molecule has 0 aliphatic heterocycles. The third kappa shape index (κ3) is 3.28. The van der Waals surface area contributed by atoms with Crippen molar-refractivity contribution in [3.8, 4) is 0 Å². The first-order valence-corrected chi connectivity index (χ1v) is 14.1. The second-order valence-corrected chi connectivity index (χ2v) is 13.1. The lowest BCUT2D eigenvalue weighted by atomic mass is 9.75. The maximum absolute atomic E-state index is 13.0. The van der Waals surface area contributed by atoms with Gasteiger partial charge in [0.05, 0.1) is 12.0 Å². The summed E-state index contributed by atoms with van der Waals surface area (Å²) in [6, 6.07) is 0. The Morgan fingerprint density at radius 3 is 2.29 bits per heavy atom. The molecular formula is C29H40O5. The number of fused-ring (bicyclic) bond motifs is 14. The zero-order valence-electron chi connectivity index (χ0n) is 20.5. The van der Waals surface area contributed by atoms with E-state index in [1.807, 2.05) is 0 Å². The van der Waals surface area contributed by atoms with E-state index in [4.69, 9.17) is 14.2 Å². The second-order valence-electron chi connectivity index (χ2n) is 13.1. The molecule has 0 spiro atoms. The van der Waals surface area contributed by atoms with Crippen molar-refractivity contribution in [2.75, 3.05) is 6.79 Å². The highest BCUT2D eigenvalue weighted by molar-refractivity contribution is 5.87. The highest BCUT2D eigenvalue weighted by atomic mass is 16.7. The van der Waals surface area contributed by atoms with Crippen LogP contribution in [-0.4, -0.2) is 30.9 Å². The van der Waals surface area contributed by atoms with Crippen molar-refractivity contribution in [2.24, 2.45) is 65.1 Å². The molecule has 7 aliphatic rings. The molecule has 7 fully saturated rings. The fraction of sp³-hybridized carbons (Fsp3) is 0.862. The number of carbonyl (C=O) groups is 2. The molecule has 0 aromatic heterocycles. The zero-order valence-corrected chi connectivity index (χ0v) is 20.5. The van der Waals surface area contributed by atoms with Crippen molar-refractivity contribution in [1.82, 2.24) is 0 Å². The number of hydrogen-bond acceptors (Lipinski definition) is 5. The summed E-state index contributed by atoms with van der Waals surface area (Å²) in [7, 11) is 0. The fourth-order valence-electron chi connectivity index (χ4n) is 10.8. The number of ether oxygens (including phenoxy) is 3. The van der Waals surface area contributed by atoms with Crippen LogP contribution >= 0.6 is 0 Å². The Morgan fingerprint density at radius 2 is 1.47 bits per heavy atom. The van der Waals surface area contributed by atoms with E-state index < -0.39 is 0 Å². The summed E-state index contributed by atoms with van der Waals surface area (Å²) in [6.45, 7) is 5.62. The SMILES string of the molecule is C=C(C)C(=O)OC1CC2CC1C1C3CC(C(=O)OCOC4CC5CC4C4CCCC54)CC(C3)C21. The Bertz CT molecular complexity index is 882. The van der Waals surface area contributed by atoms with E-state index in [2.05, 4.69) is 6.58 Å². The van der Waals surface area contributed by atoms with Crippen molar-refractivity contribution < 1.29 is 23.8 Å². The third-order valence-electron chi connectivity index (χ3n) is 11.7. The van der Waals surface area contributed by atoms with Crippen molar-refractivity contribution in [1.29, 1.82) is 0 Å². The van der Waals surface area contributed by atoms with E-state index in [9.17, 15) is 9.59 Å². The Morgan fingerprint density at radius 1 is 0.765 bits per heavy atom. The molecular weight excluding hydrogens is 428 g/mol. The number of rotatable bonds is 6. The summed E-state index contributed by atoms with van der Waals surface area (Å²) < 4.78 is 17.7. The van der Waals surface area contributed by atoms with Gasteiger partial charge < -0.3 is 14.2 Å². The molecule has 6 bridgehead atoms. The van der Waals surface area contributed by atoms with Gasteiger partial charge in [0, 0.05) is 5.57 Å². The van der Waals surface area contributed by atoms with Crippen molar-refractivity contribution >= 4 is 11.9 Å². The summed E-state index contributed by atoms with van der Waals surface area (Å²) in [5.41, 5.74) is 0.489. The predicted molar refractivity (Wildman–Crippen MR) is 125 cm³/mol. The monoisotopic (exact) mass is 468 g/mol. The van der Waals surface area contributed by atoms with E-state index in [0.717, 1.165) is 42.9 Å². The highest BCUT2D eigenvalue weighted by Gasteiger charge is 2.63. The smallest absolute Gasteiger partial charge is 0.333 e. The first-order valence-electron chi connectivity index (χ1n) is 14.1. The van der Waals surface area contributed by atoms with Crippen LogP contribution in [0.15, 0.2) is 12.2 Å². The van der Waals surface area contributed by atoms with Crippen LogP contribution in [0.1, 0.15) is 71.1 Å². The standard InChI is InChI=1S/C29H40O5/c1-14(2)28(30)34-25-12-18-10-23(25)27-17-6-16(26(18)27)7-19(8-17)29(31)33-13-32-24-11-15-9-22(24)21-5-3-4-20(15)21/h15-27H,1,3-13H2,2H3. The van der Waals surface area contributed by atoms with Gasteiger partial charge in [0.15, 0.2) is 6.79 Å². The summed E-state index contributed by atoms with van der Waals surface area (Å²) >= 11 is 0.